The highest BCUT2D eigenvalue weighted by molar-refractivity contribution is 7.99. The van der Waals surface area contributed by atoms with Crippen molar-refractivity contribution in [1.29, 1.82) is 0 Å². The van der Waals surface area contributed by atoms with Crippen LogP contribution in [0.15, 0.2) is 29.2 Å². The lowest BCUT2D eigenvalue weighted by atomic mass is 10.2. The second-order valence-electron chi connectivity index (χ2n) is 3.10. The average Bonchev–Trinajstić information content (AvgIpc) is 2.39. The fourth-order valence-corrected chi connectivity index (χ4v) is 3.13. The van der Waals surface area contributed by atoms with Crippen molar-refractivity contribution in [2.24, 2.45) is 5.14 Å². The Balaban J connectivity index is 2.26. The number of nitrogens with two attached hydrogens (primary N) is 1. The first-order valence-electron chi connectivity index (χ1n) is 4.39. The molecule has 2 N–H and O–H groups in total. The number of benzene rings is 1. The molecule has 1 aliphatic rings. The van der Waals surface area contributed by atoms with Crippen molar-refractivity contribution in [2.45, 2.75) is 11.4 Å². The van der Waals surface area contributed by atoms with Gasteiger partial charge in [0.15, 0.2) is 11.2 Å². The number of hydrogen-bond acceptors (Lipinski definition) is 2. The van der Waals surface area contributed by atoms with Crippen molar-refractivity contribution in [1.82, 2.24) is 4.31 Å². The van der Waals surface area contributed by atoms with Crippen LogP contribution in [0.5, 0.6) is 0 Å². The summed E-state index contributed by atoms with van der Waals surface area (Å²) in [6.07, 6.45) is 0. The third kappa shape index (κ3) is 2.17. The number of rotatable bonds is 1. The van der Waals surface area contributed by atoms with Gasteiger partial charge in [0, 0.05) is 23.7 Å². The van der Waals surface area contributed by atoms with Gasteiger partial charge in [0.1, 0.15) is 0 Å². The van der Waals surface area contributed by atoms with Gasteiger partial charge < -0.3 is 0 Å². The molecule has 2 rings (SSSR count). The Bertz CT molecular complexity index is 356. The predicted molar refractivity (Wildman–Crippen MR) is 59.9 cm³/mol. The van der Waals surface area contributed by atoms with Crippen LogP contribution >= 0.6 is 11.8 Å². The highest BCUT2D eigenvalue weighted by Gasteiger charge is 2.16. The van der Waals surface area contributed by atoms with Crippen molar-refractivity contribution in [3.63, 3.8) is 0 Å². The van der Waals surface area contributed by atoms with E-state index in [1.807, 2.05) is 12.1 Å². The molecule has 0 fully saturated rings. The van der Waals surface area contributed by atoms with E-state index in [-0.39, 0.29) is 0 Å². The van der Waals surface area contributed by atoms with Gasteiger partial charge in [-0.3, -0.25) is 0 Å². The minimum Gasteiger partial charge on any atom is -0.238 e. The number of fused-ring (bicyclic) bond motifs is 1. The Labute approximate surface area is 90.4 Å². The SMILES string of the molecule is NS(=O)N1CCSc2ccccc2C1. The number of thioether (sulfide) groups is 1. The molecule has 1 aliphatic heterocycles. The summed E-state index contributed by atoms with van der Waals surface area (Å²) in [5, 5.41) is 5.38. The second-order valence-corrected chi connectivity index (χ2v) is 5.30. The molecule has 1 unspecified atom stereocenters. The Morgan fingerprint density at radius 1 is 1.43 bits per heavy atom. The van der Waals surface area contributed by atoms with Crippen molar-refractivity contribution in [2.75, 3.05) is 12.3 Å². The maximum atomic E-state index is 11.2. The van der Waals surface area contributed by atoms with E-state index in [9.17, 15) is 4.21 Å². The van der Waals surface area contributed by atoms with Gasteiger partial charge in [-0.15, -0.1) is 11.8 Å². The fourth-order valence-electron chi connectivity index (χ4n) is 1.46. The molecule has 0 aromatic heterocycles. The molecule has 1 aromatic carbocycles. The van der Waals surface area contributed by atoms with Gasteiger partial charge in [0.05, 0.1) is 0 Å². The number of hydrogen-bond donors (Lipinski definition) is 1. The van der Waals surface area contributed by atoms with Gasteiger partial charge >= 0.3 is 0 Å². The fraction of sp³-hybridized carbons (Fsp3) is 0.333. The van der Waals surface area contributed by atoms with Gasteiger partial charge in [-0.1, -0.05) is 18.2 Å². The van der Waals surface area contributed by atoms with E-state index in [4.69, 9.17) is 5.14 Å². The lowest BCUT2D eigenvalue weighted by Gasteiger charge is -2.15. The predicted octanol–water partition coefficient (Wildman–Crippen LogP) is 1.13. The maximum absolute atomic E-state index is 11.2. The molecule has 1 heterocycles. The maximum Gasteiger partial charge on any atom is 0.167 e. The molecule has 0 amide bonds. The molecule has 0 saturated heterocycles. The first kappa shape index (κ1) is 10.2. The zero-order valence-electron chi connectivity index (χ0n) is 7.68. The van der Waals surface area contributed by atoms with Crippen LogP contribution in [-0.4, -0.2) is 20.8 Å². The van der Waals surface area contributed by atoms with Crippen molar-refractivity contribution in [3.05, 3.63) is 29.8 Å². The number of nitrogens with zero attached hydrogens (tertiary/aromatic N) is 1. The van der Waals surface area contributed by atoms with E-state index in [2.05, 4.69) is 12.1 Å². The third-order valence-electron chi connectivity index (χ3n) is 2.17. The third-order valence-corrected chi connectivity index (χ3v) is 4.09. The molecule has 0 saturated carbocycles. The molecule has 1 aromatic rings. The summed E-state index contributed by atoms with van der Waals surface area (Å²) in [7, 11) is 0. The lowest BCUT2D eigenvalue weighted by Crippen LogP contribution is -2.31. The van der Waals surface area contributed by atoms with Crippen molar-refractivity contribution < 1.29 is 4.21 Å². The van der Waals surface area contributed by atoms with Crippen LogP contribution in [0, 0.1) is 0 Å². The first-order chi connectivity index (χ1) is 6.77. The monoisotopic (exact) mass is 228 g/mol. The summed E-state index contributed by atoms with van der Waals surface area (Å²) in [6.45, 7) is 1.47. The quantitative estimate of drug-likeness (QED) is 0.783. The summed E-state index contributed by atoms with van der Waals surface area (Å²) in [5.74, 6) is 0.944. The molecule has 3 nitrogen and oxygen atoms in total. The van der Waals surface area contributed by atoms with Crippen LogP contribution in [0.1, 0.15) is 5.56 Å². The molecule has 0 spiro atoms. The van der Waals surface area contributed by atoms with E-state index in [1.165, 1.54) is 10.5 Å². The average molecular weight is 228 g/mol. The molecule has 1 atom stereocenters. The minimum atomic E-state index is -1.35. The Morgan fingerprint density at radius 3 is 3.00 bits per heavy atom. The summed E-state index contributed by atoms with van der Waals surface area (Å²) in [5.41, 5.74) is 1.22. The van der Waals surface area contributed by atoms with Crippen LogP contribution in [0.3, 0.4) is 0 Å². The van der Waals surface area contributed by atoms with E-state index in [0.29, 0.717) is 6.54 Å². The van der Waals surface area contributed by atoms with Gasteiger partial charge in [0.2, 0.25) is 0 Å². The van der Waals surface area contributed by atoms with Crippen LogP contribution < -0.4 is 5.14 Å². The zero-order chi connectivity index (χ0) is 9.97. The largest absolute Gasteiger partial charge is 0.238 e. The Morgan fingerprint density at radius 2 is 2.21 bits per heavy atom. The molecule has 76 valence electrons. The van der Waals surface area contributed by atoms with Gasteiger partial charge in [-0.25, -0.2) is 13.7 Å². The zero-order valence-corrected chi connectivity index (χ0v) is 9.31. The van der Waals surface area contributed by atoms with E-state index >= 15 is 0 Å². The Kier molecular flexibility index (Phi) is 3.22. The van der Waals surface area contributed by atoms with Gasteiger partial charge in [-0.05, 0) is 11.6 Å². The molecule has 0 radical (unpaired) electrons. The molecule has 0 bridgehead atoms. The first-order valence-corrected chi connectivity index (χ1v) is 6.55. The van der Waals surface area contributed by atoms with Crippen LogP contribution in [0.25, 0.3) is 0 Å². The summed E-state index contributed by atoms with van der Waals surface area (Å²) in [6, 6.07) is 8.19. The standard InChI is InChI=1S/C9H12N2OS2/c10-14(12)11-5-6-13-9-4-2-1-3-8(9)7-11/h1-4H,5-7,10H2. The molecule has 5 heteroatoms. The highest BCUT2D eigenvalue weighted by atomic mass is 32.2. The van der Waals surface area contributed by atoms with Crippen LogP contribution in [-0.2, 0) is 17.7 Å². The van der Waals surface area contributed by atoms with Gasteiger partial charge in [0.25, 0.3) is 0 Å². The van der Waals surface area contributed by atoms with Crippen molar-refractivity contribution >= 4 is 22.9 Å². The minimum absolute atomic E-state index is 0.687. The summed E-state index contributed by atoms with van der Waals surface area (Å²) in [4.78, 5) is 1.28. The summed E-state index contributed by atoms with van der Waals surface area (Å²) >= 11 is 0.449. The molecular weight excluding hydrogens is 216 g/mol. The normalized spacial score (nSPS) is 19.8. The molecular formula is C9H12N2OS2. The topological polar surface area (TPSA) is 46.3 Å². The van der Waals surface area contributed by atoms with E-state index < -0.39 is 11.2 Å². The second kappa shape index (κ2) is 4.44. The lowest BCUT2D eigenvalue weighted by molar-refractivity contribution is 0.466. The molecule has 0 aliphatic carbocycles. The Hall–Kier alpha value is -0.360. The highest BCUT2D eigenvalue weighted by Crippen LogP contribution is 2.26. The molecule has 14 heavy (non-hydrogen) atoms. The summed E-state index contributed by atoms with van der Waals surface area (Å²) < 4.78 is 13.0. The van der Waals surface area contributed by atoms with E-state index in [1.54, 1.807) is 16.1 Å². The van der Waals surface area contributed by atoms with E-state index in [0.717, 1.165) is 12.3 Å². The van der Waals surface area contributed by atoms with Crippen molar-refractivity contribution in [3.8, 4) is 0 Å². The van der Waals surface area contributed by atoms with Gasteiger partial charge in [-0.2, -0.15) is 0 Å². The van der Waals surface area contributed by atoms with Crippen LogP contribution in [0.2, 0.25) is 0 Å². The smallest absolute Gasteiger partial charge is 0.167 e. The van der Waals surface area contributed by atoms with Crippen LogP contribution in [0.4, 0.5) is 0 Å².